The SMILES string of the molecule is C\C=C/N=C1/C(=C\C)C(C(=O)OP)C(C)CCC1O. The zero-order valence-electron chi connectivity index (χ0n) is 11.7. The summed E-state index contributed by atoms with van der Waals surface area (Å²) in [6.07, 6.45) is 6.02. The number of nitrogens with zero attached hydrogens (tertiary/aromatic N) is 1. The third kappa shape index (κ3) is 3.74. The molecule has 1 aliphatic rings. The van der Waals surface area contributed by atoms with Crippen LogP contribution in [-0.2, 0) is 9.32 Å². The lowest BCUT2D eigenvalue weighted by Gasteiger charge is -2.21. The third-order valence-corrected chi connectivity index (χ3v) is 3.69. The summed E-state index contributed by atoms with van der Waals surface area (Å²) in [5.41, 5.74) is 1.34. The van der Waals surface area contributed by atoms with Crippen molar-refractivity contribution in [2.24, 2.45) is 16.8 Å². The molecule has 1 fully saturated rings. The molecule has 106 valence electrons. The summed E-state index contributed by atoms with van der Waals surface area (Å²) in [5.74, 6) is -0.552. The van der Waals surface area contributed by atoms with Gasteiger partial charge in [0.1, 0.15) is 0 Å². The molecule has 0 saturated heterocycles. The second-order valence-electron chi connectivity index (χ2n) is 4.73. The highest BCUT2D eigenvalue weighted by Gasteiger charge is 2.36. The quantitative estimate of drug-likeness (QED) is 0.626. The maximum atomic E-state index is 12.0. The largest absolute Gasteiger partial charge is 0.451 e. The summed E-state index contributed by atoms with van der Waals surface area (Å²) in [6.45, 7) is 5.72. The van der Waals surface area contributed by atoms with E-state index in [-0.39, 0.29) is 17.8 Å². The molecule has 0 aromatic heterocycles. The maximum absolute atomic E-state index is 12.0. The van der Waals surface area contributed by atoms with Crippen molar-refractivity contribution < 1.29 is 14.4 Å². The van der Waals surface area contributed by atoms with Crippen molar-refractivity contribution in [1.82, 2.24) is 0 Å². The van der Waals surface area contributed by atoms with Crippen LogP contribution < -0.4 is 0 Å². The van der Waals surface area contributed by atoms with E-state index in [1.165, 1.54) is 0 Å². The van der Waals surface area contributed by atoms with Gasteiger partial charge in [-0.1, -0.05) is 19.1 Å². The summed E-state index contributed by atoms with van der Waals surface area (Å²) in [4.78, 5) is 16.3. The number of hydrogen-bond acceptors (Lipinski definition) is 4. The molecule has 0 aliphatic heterocycles. The third-order valence-electron chi connectivity index (χ3n) is 3.45. The fraction of sp³-hybridized carbons (Fsp3) is 0.571. The van der Waals surface area contributed by atoms with E-state index in [1.807, 2.05) is 36.3 Å². The molecule has 4 unspecified atom stereocenters. The van der Waals surface area contributed by atoms with Crippen LogP contribution in [0.3, 0.4) is 0 Å². The summed E-state index contributed by atoms with van der Waals surface area (Å²) in [6, 6.07) is 0. The first-order valence-corrected chi connectivity index (χ1v) is 6.98. The summed E-state index contributed by atoms with van der Waals surface area (Å²) in [7, 11) is 2.00. The summed E-state index contributed by atoms with van der Waals surface area (Å²) >= 11 is 0. The predicted molar refractivity (Wildman–Crippen MR) is 79.7 cm³/mol. The van der Waals surface area contributed by atoms with Crippen LogP contribution in [0, 0.1) is 11.8 Å². The van der Waals surface area contributed by atoms with E-state index < -0.39 is 6.10 Å². The number of carbonyl (C=O) groups excluding carboxylic acids is 1. The molecule has 0 aromatic rings. The van der Waals surface area contributed by atoms with E-state index in [4.69, 9.17) is 4.52 Å². The van der Waals surface area contributed by atoms with Crippen molar-refractivity contribution in [3.63, 3.8) is 0 Å². The average molecular weight is 283 g/mol. The van der Waals surface area contributed by atoms with Crippen molar-refractivity contribution in [2.45, 2.75) is 39.7 Å². The van der Waals surface area contributed by atoms with Gasteiger partial charge in [-0.2, -0.15) is 0 Å². The monoisotopic (exact) mass is 283 g/mol. The molecular formula is C14H22NO3P. The van der Waals surface area contributed by atoms with Crippen LogP contribution in [0.4, 0.5) is 0 Å². The second-order valence-corrected chi connectivity index (χ2v) is 4.96. The van der Waals surface area contributed by atoms with Gasteiger partial charge < -0.3 is 9.63 Å². The molecule has 0 bridgehead atoms. The number of rotatable bonds is 2. The molecule has 4 nitrogen and oxygen atoms in total. The highest BCUT2D eigenvalue weighted by atomic mass is 31.0. The fourth-order valence-electron chi connectivity index (χ4n) is 2.46. The Hall–Kier alpha value is -0.990. The standard InChI is InChI=1S/C14H22NO3P/c1-4-8-15-13-10(5-2)12(14(17)18-19)9(3)6-7-11(13)16/h4-5,8-9,11-12,16H,6-7,19H2,1-3H3/b8-4-,10-5-,15-13-. The molecule has 0 amide bonds. The number of hydrogen-bond donors (Lipinski definition) is 1. The summed E-state index contributed by atoms with van der Waals surface area (Å²) in [5, 5.41) is 10.2. The van der Waals surface area contributed by atoms with Gasteiger partial charge in [-0.15, -0.1) is 0 Å². The maximum Gasteiger partial charge on any atom is 0.315 e. The van der Waals surface area contributed by atoms with Crippen LogP contribution >= 0.6 is 9.47 Å². The Kier molecular flexibility index (Phi) is 6.40. The number of aliphatic hydroxyl groups excluding tert-OH is 1. The highest BCUT2D eigenvalue weighted by Crippen LogP contribution is 2.33. The van der Waals surface area contributed by atoms with E-state index in [0.29, 0.717) is 12.1 Å². The van der Waals surface area contributed by atoms with E-state index in [1.54, 1.807) is 12.3 Å². The van der Waals surface area contributed by atoms with E-state index in [9.17, 15) is 9.90 Å². The molecule has 5 heteroatoms. The highest BCUT2D eigenvalue weighted by molar-refractivity contribution is 7.10. The van der Waals surface area contributed by atoms with Gasteiger partial charge in [0.25, 0.3) is 0 Å². The van der Waals surface area contributed by atoms with Crippen molar-refractivity contribution in [1.29, 1.82) is 0 Å². The van der Waals surface area contributed by atoms with Crippen molar-refractivity contribution >= 4 is 21.1 Å². The minimum atomic E-state index is -0.632. The second kappa shape index (κ2) is 7.56. The Balaban J connectivity index is 3.26. The zero-order valence-corrected chi connectivity index (χ0v) is 12.8. The Morgan fingerprint density at radius 3 is 2.68 bits per heavy atom. The van der Waals surface area contributed by atoms with Crippen molar-refractivity contribution in [2.75, 3.05) is 0 Å². The van der Waals surface area contributed by atoms with E-state index >= 15 is 0 Å². The molecule has 0 aromatic carbocycles. The molecule has 0 radical (unpaired) electrons. The number of aliphatic imine (C=N–C) groups is 1. The molecule has 0 spiro atoms. The molecule has 0 heterocycles. The Morgan fingerprint density at radius 1 is 1.47 bits per heavy atom. The van der Waals surface area contributed by atoms with Crippen molar-refractivity contribution in [3.8, 4) is 0 Å². The van der Waals surface area contributed by atoms with Gasteiger partial charge >= 0.3 is 5.97 Å². The zero-order chi connectivity index (χ0) is 14.4. The van der Waals surface area contributed by atoms with Gasteiger partial charge in [-0.05, 0) is 38.2 Å². The molecule has 4 atom stereocenters. The first-order valence-electron chi connectivity index (χ1n) is 6.50. The average Bonchev–Trinajstić information content (AvgIpc) is 2.53. The normalized spacial score (nSPS) is 32.8. The lowest BCUT2D eigenvalue weighted by molar-refractivity contribution is -0.137. The molecular weight excluding hydrogens is 261 g/mol. The van der Waals surface area contributed by atoms with E-state index in [2.05, 4.69) is 4.99 Å². The Labute approximate surface area is 116 Å². The van der Waals surface area contributed by atoms with Crippen LogP contribution in [0.5, 0.6) is 0 Å². The minimum absolute atomic E-state index is 0.118. The van der Waals surface area contributed by atoms with Gasteiger partial charge in [0.05, 0.1) is 27.2 Å². The lowest BCUT2D eigenvalue weighted by atomic mass is 9.85. The number of carbonyl (C=O) groups is 1. The van der Waals surface area contributed by atoms with Gasteiger partial charge in [-0.25, -0.2) is 0 Å². The fourth-order valence-corrected chi connectivity index (χ4v) is 2.60. The summed E-state index contributed by atoms with van der Waals surface area (Å²) < 4.78 is 4.82. The van der Waals surface area contributed by atoms with Crippen molar-refractivity contribution in [3.05, 3.63) is 23.9 Å². The first kappa shape index (κ1) is 16.1. The Morgan fingerprint density at radius 2 is 2.16 bits per heavy atom. The van der Waals surface area contributed by atoms with Crippen LogP contribution in [0.2, 0.25) is 0 Å². The smallest absolute Gasteiger partial charge is 0.315 e. The predicted octanol–water partition coefficient (Wildman–Crippen LogP) is 2.65. The van der Waals surface area contributed by atoms with Gasteiger partial charge in [0.15, 0.2) is 0 Å². The van der Waals surface area contributed by atoms with Gasteiger partial charge in [0, 0.05) is 6.20 Å². The molecule has 19 heavy (non-hydrogen) atoms. The van der Waals surface area contributed by atoms with Gasteiger partial charge in [-0.3, -0.25) is 9.79 Å². The molecule has 1 aliphatic carbocycles. The van der Waals surface area contributed by atoms with Crippen LogP contribution in [0.25, 0.3) is 0 Å². The number of allylic oxidation sites excluding steroid dienone is 2. The lowest BCUT2D eigenvalue weighted by Crippen LogP contribution is -2.28. The topological polar surface area (TPSA) is 58.9 Å². The molecule has 1 rings (SSSR count). The molecule has 1 saturated carbocycles. The van der Waals surface area contributed by atoms with Crippen LogP contribution in [0.15, 0.2) is 28.9 Å². The van der Waals surface area contributed by atoms with Crippen LogP contribution in [-0.4, -0.2) is 22.9 Å². The minimum Gasteiger partial charge on any atom is -0.451 e. The molecule has 1 N–H and O–H groups in total. The van der Waals surface area contributed by atoms with E-state index in [0.717, 1.165) is 12.0 Å². The van der Waals surface area contributed by atoms with Crippen LogP contribution in [0.1, 0.15) is 33.6 Å². The van der Waals surface area contributed by atoms with Gasteiger partial charge in [0.2, 0.25) is 0 Å². The first-order chi connectivity index (χ1) is 9.06. The Bertz CT molecular complexity index is 415. The number of aliphatic hydroxyl groups is 1.